The monoisotopic (exact) mass is 223 g/mol. The fourth-order valence-corrected chi connectivity index (χ4v) is 1.69. The summed E-state index contributed by atoms with van der Waals surface area (Å²) < 4.78 is 0. The summed E-state index contributed by atoms with van der Waals surface area (Å²) in [4.78, 5) is 4.50. The highest BCUT2D eigenvalue weighted by Crippen LogP contribution is 2.25. The maximum Gasteiger partial charge on any atom is 0.143 e. The van der Waals surface area contributed by atoms with E-state index in [2.05, 4.69) is 10.4 Å². The molecule has 0 heterocycles. The van der Waals surface area contributed by atoms with E-state index in [0.717, 1.165) is 34.8 Å². The summed E-state index contributed by atoms with van der Waals surface area (Å²) in [6.45, 7) is 2.00. The Morgan fingerprint density at radius 3 is 2.80 bits per heavy atom. The number of benzene rings is 1. The normalized spacial score (nSPS) is 16.6. The fraction of sp³-hybridized carbons (Fsp3) is 0.364. The number of nitrogens with two attached hydrogens (primary N) is 1. The lowest BCUT2D eigenvalue weighted by Gasteiger charge is -2.09. The van der Waals surface area contributed by atoms with Crippen molar-refractivity contribution in [2.45, 2.75) is 25.8 Å². The lowest BCUT2D eigenvalue weighted by Crippen LogP contribution is -2.32. The number of aliphatic imine (C=N–C) groups is 1. The number of aryl methyl sites for hydroxylation is 1. The molecule has 0 amide bonds. The Bertz CT molecular complexity index is 397. The molecule has 0 spiro atoms. The van der Waals surface area contributed by atoms with Gasteiger partial charge in [-0.3, -0.25) is 4.99 Å². The molecule has 1 aromatic rings. The molecule has 0 unspecified atom stereocenters. The van der Waals surface area contributed by atoms with Crippen LogP contribution >= 0.6 is 11.6 Å². The average molecular weight is 224 g/mol. The van der Waals surface area contributed by atoms with Gasteiger partial charge in [0.2, 0.25) is 0 Å². The average Bonchev–Trinajstić information content (AvgIpc) is 2.99. The minimum atomic E-state index is 0.450. The molecule has 1 saturated carbocycles. The van der Waals surface area contributed by atoms with Crippen LogP contribution in [-0.2, 0) is 0 Å². The molecule has 1 fully saturated rings. The predicted octanol–water partition coefficient (Wildman–Crippen LogP) is 2.02. The largest absolute Gasteiger partial charge is 0.308 e. The molecule has 4 heteroatoms. The number of amidine groups is 1. The van der Waals surface area contributed by atoms with Gasteiger partial charge < -0.3 is 5.43 Å². The van der Waals surface area contributed by atoms with E-state index in [1.807, 2.05) is 25.1 Å². The van der Waals surface area contributed by atoms with Gasteiger partial charge in [-0.05, 0) is 43.5 Å². The molecule has 1 aliphatic carbocycles. The van der Waals surface area contributed by atoms with E-state index < -0.39 is 0 Å². The van der Waals surface area contributed by atoms with E-state index in [-0.39, 0.29) is 0 Å². The lowest BCUT2D eigenvalue weighted by molar-refractivity contribution is 0.969. The third kappa shape index (κ3) is 2.49. The molecule has 1 aromatic carbocycles. The Balaban J connectivity index is 2.33. The molecule has 0 saturated heterocycles. The highest BCUT2D eigenvalue weighted by Gasteiger charge is 2.21. The first-order valence-corrected chi connectivity index (χ1v) is 5.39. The number of hydrogen-bond acceptors (Lipinski definition) is 2. The molecule has 15 heavy (non-hydrogen) atoms. The molecule has 0 aromatic heterocycles. The SMILES string of the molecule is Cc1cc(Cl)ccc1C(=NC1CC1)NN. The summed E-state index contributed by atoms with van der Waals surface area (Å²) in [5, 5.41) is 0.735. The second kappa shape index (κ2) is 4.21. The van der Waals surface area contributed by atoms with E-state index in [0.29, 0.717) is 6.04 Å². The molecule has 80 valence electrons. The first-order chi connectivity index (χ1) is 7.20. The zero-order valence-electron chi connectivity index (χ0n) is 8.63. The zero-order chi connectivity index (χ0) is 10.8. The van der Waals surface area contributed by atoms with Gasteiger partial charge in [0.05, 0.1) is 6.04 Å². The van der Waals surface area contributed by atoms with Crippen LogP contribution in [0.3, 0.4) is 0 Å². The predicted molar refractivity (Wildman–Crippen MR) is 63.1 cm³/mol. The van der Waals surface area contributed by atoms with Gasteiger partial charge in [0, 0.05) is 10.6 Å². The van der Waals surface area contributed by atoms with Crippen LogP contribution in [0.2, 0.25) is 5.02 Å². The summed E-state index contributed by atoms with van der Waals surface area (Å²) in [5.41, 5.74) is 4.76. The van der Waals surface area contributed by atoms with Gasteiger partial charge in [0.15, 0.2) is 0 Å². The Morgan fingerprint density at radius 2 is 2.27 bits per heavy atom. The summed E-state index contributed by atoms with van der Waals surface area (Å²) in [5.74, 6) is 6.23. The summed E-state index contributed by atoms with van der Waals surface area (Å²) in [6, 6.07) is 6.16. The highest BCUT2D eigenvalue weighted by molar-refractivity contribution is 6.30. The van der Waals surface area contributed by atoms with Gasteiger partial charge >= 0.3 is 0 Å². The van der Waals surface area contributed by atoms with Crippen molar-refractivity contribution in [3.05, 3.63) is 34.3 Å². The van der Waals surface area contributed by atoms with Crippen LogP contribution in [0.25, 0.3) is 0 Å². The number of rotatable bonds is 2. The van der Waals surface area contributed by atoms with E-state index in [9.17, 15) is 0 Å². The third-order valence-electron chi connectivity index (χ3n) is 2.44. The summed E-state index contributed by atoms with van der Waals surface area (Å²) in [7, 11) is 0. The van der Waals surface area contributed by atoms with E-state index in [4.69, 9.17) is 17.4 Å². The van der Waals surface area contributed by atoms with Crippen molar-refractivity contribution >= 4 is 17.4 Å². The zero-order valence-corrected chi connectivity index (χ0v) is 9.38. The van der Waals surface area contributed by atoms with E-state index in [1.165, 1.54) is 0 Å². The maximum atomic E-state index is 5.89. The summed E-state index contributed by atoms with van der Waals surface area (Å²) in [6.07, 6.45) is 2.33. The van der Waals surface area contributed by atoms with Crippen LogP contribution in [0.1, 0.15) is 24.0 Å². The van der Waals surface area contributed by atoms with Gasteiger partial charge in [-0.25, -0.2) is 5.84 Å². The van der Waals surface area contributed by atoms with Crippen LogP contribution in [-0.4, -0.2) is 11.9 Å². The Labute approximate surface area is 94.3 Å². The number of nitrogens with one attached hydrogen (secondary N) is 1. The molecular weight excluding hydrogens is 210 g/mol. The standard InChI is InChI=1S/C11H14ClN3/c1-7-6-8(12)2-5-10(7)11(15-13)14-9-3-4-9/h2,5-6,9H,3-4,13H2,1H3,(H,14,15). The Kier molecular flexibility index (Phi) is 2.93. The fourth-order valence-electron chi connectivity index (χ4n) is 1.46. The number of halogens is 1. The van der Waals surface area contributed by atoms with E-state index >= 15 is 0 Å². The van der Waals surface area contributed by atoms with Crippen LogP contribution in [0.4, 0.5) is 0 Å². The maximum absolute atomic E-state index is 5.89. The highest BCUT2D eigenvalue weighted by atomic mass is 35.5. The summed E-state index contributed by atoms with van der Waals surface area (Å²) >= 11 is 5.89. The van der Waals surface area contributed by atoms with Crippen LogP contribution in [0.15, 0.2) is 23.2 Å². The van der Waals surface area contributed by atoms with Gasteiger partial charge in [-0.2, -0.15) is 0 Å². The smallest absolute Gasteiger partial charge is 0.143 e. The first-order valence-electron chi connectivity index (χ1n) is 5.01. The Hall–Kier alpha value is -1.06. The van der Waals surface area contributed by atoms with Gasteiger partial charge in [0.1, 0.15) is 5.84 Å². The van der Waals surface area contributed by atoms with E-state index in [1.54, 1.807) is 0 Å². The number of hydrazine groups is 1. The van der Waals surface area contributed by atoms with Gasteiger partial charge in [-0.1, -0.05) is 11.6 Å². The molecule has 2 rings (SSSR count). The van der Waals surface area contributed by atoms with Crippen LogP contribution in [0, 0.1) is 6.92 Å². The lowest BCUT2D eigenvalue weighted by atomic mass is 10.1. The molecular formula is C11H14ClN3. The molecule has 0 bridgehead atoms. The van der Waals surface area contributed by atoms with Crippen molar-refractivity contribution in [2.75, 3.05) is 0 Å². The third-order valence-corrected chi connectivity index (χ3v) is 2.67. The van der Waals surface area contributed by atoms with Gasteiger partial charge in [0.25, 0.3) is 0 Å². The van der Waals surface area contributed by atoms with Crippen molar-refractivity contribution in [3.63, 3.8) is 0 Å². The van der Waals surface area contributed by atoms with Crippen molar-refractivity contribution in [1.29, 1.82) is 0 Å². The molecule has 0 atom stereocenters. The molecule has 0 aliphatic heterocycles. The number of hydrogen-bond donors (Lipinski definition) is 2. The van der Waals surface area contributed by atoms with Gasteiger partial charge in [-0.15, -0.1) is 0 Å². The molecule has 3 nitrogen and oxygen atoms in total. The quantitative estimate of drug-likeness (QED) is 0.349. The first kappa shape index (κ1) is 10.5. The molecule has 1 aliphatic rings. The minimum absolute atomic E-state index is 0.450. The second-order valence-corrected chi connectivity index (χ2v) is 4.25. The van der Waals surface area contributed by atoms with Crippen molar-refractivity contribution < 1.29 is 0 Å². The Morgan fingerprint density at radius 1 is 1.53 bits per heavy atom. The van der Waals surface area contributed by atoms with Crippen molar-refractivity contribution in [3.8, 4) is 0 Å². The minimum Gasteiger partial charge on any atom is -0.308 e. The second-order valence-electron chi connectivity index (χ2n) is 3.81. The van der Waals surface area contributed by atoms with Crippen molar-refractivity contribution in [2.24, 2.45) is 10.8 Å². The number of nitrogens with zero attached hydrogens (tertiary/aromatic N) is 1. The van der Waals surface area contributed by atoms with Crippen molar-refractivity contribution in [1.82, 2.24) is 5.43 Å². The molecule has 3 N–H and O–H groups in total. The molecule has 0 radical (unpaired) electrons. The van der Waals surface area contributed by atoms with Crippen LogP contribution in [0.5, 0.6) is 0 Å². The van der Waals surface area contributed by atoms with Crippen LogP contribution < -0.4 is 11.3 Å². The topological polar surface area (TPSA) is 50.4 Å².